The van der Waals surface area contributed by atoms with E-state index >= 15 is 0 Å². The lowest BCUT2D eigenvalue weighted by molar-refractivity contribution is -0.143. The van der Waals surface area contributed by atoms with Crippen LogP contribution in [-0.2, 0) is 9.53 Å². The Morgan fingerprint density at radius 1 is 1.60 bits per heavy atom. The quantitative estimate of drug-likeness (QED) is 0.613. The zero-order valence-corrected chi connectivity index (χ0v) is 9.11. The summed E-state index contributed by atoms with van der Waals surface area (Å²) in [6.07, 6.45) is 6.51. The molecule has 0 radical (unpaired) electrons. The maximum atomic E-state index is 11.4. The zero-order valence-electron chi connectivity index (χ0n) is 9.11. The molecule has 2 fully saturated rings. The molecule has 3 nitrogen and oxygen atoms in total. The number of carbonyl (C=O) groups is 1. The average Bonchev–Trinajstić information content (AvgIpc) is 2.80. The Bertz CT molecular complexity index is 324. The predicted molar refractivity (Wildman–Crippen MR) is 56.1 cm³/mol. The predicted octanol–water partition coefficient (Wildman–Crippen LogP) is 1.69. The molecule has 3 heteroatoms. The topological polar surface area (TPSA) is 29.5 Å². The summed E-state index contributed by atoms with van der Waals surface area (Å²) in [5, 5.41) is 0. The van der Waals surface area contributed by atoms with Crippen molar-refractivity contribution in [1.29, 1.82) is 0 Å². The number of fused-ring (bicyclic) bond motifs is 3. The molecule has 0 aliphatic carbocycles. The molecule has 0 saturated carbocycles. The van der Waals surface area contributed by atoms with E-state index in [-0.39, 0.29) is 12.1 Å². The van der Waals surface area contributed by atoms with Gasteiger partial charge in [-0.2, -0.15) is 0 Å². The maximum Gasteiger partial charge on any atom is 0.306 e. The van der Waals surface area contributed by atoms with Gasteiger partial charge in [0.15, 0.2) is 0 Å². The molecule has 0 unspecified atom stereocenters. The van der Waals surface area contributed by atoms with Gasteiger partial charge in [-0.1, -0.05) is 6.92 Å². The summed E-state index contributed by atoms with van der Waals surface area (Å²) in [5.74, 6) is 0.375. The average molecular weight is 207 g/mol. The van der Waals surface area contributed by atoms with Crippen LogP contribution >= 0.6 is 0 Å². The first-order chi connectivity index (χ1) is 7.29. The van der Waals surface area contributed by atoms with Gasteiger partial charge in [0.05, 0.1) is 12.5 Å². The van der Waals surface area contributed by atoms with Gasteiger partial charge in [0.25, 0.3) is 0 Å². The fraction of sp³-hybridized carbons (Fsp3) is 0.750. The van der Waals surface area contributed by atoms with Gasteiger partial charge in [0.1, 0.15) is 6.10 Å². The highest BCUT2D eigenvalue weighted by Gasteiger charge is 2.47. The Balaban J connectivity index is 1.95. The van der Waals surface area contributed by atoms with Crippen molar-refractivity contribution in [3.8, 4) is 0 Å². The Labute approximate surface area is 90.1 Å². The SMILES string of the molecule is CCC1=CN2CCC[C@@H]2[C@@H]2OC(=O)C[C@H]12. The van der Waals surface area contributed by atoms with Gasteiger partial charge in [0, 0.05) is 12.5 Å². The summed E-state index contributed by atoms with van der Waals surface area (Å²) in [6, 6.07) is 0.469. The van der Waals surface area contributed by atoms with E-state index in [1.807, 2.05) is 0 Å². The van der Waals surface area contributed by atoms with Crippen LogP contribution in [0.4, 0.5) is 0 Å². The minimum absolute atomic E-state index is 0.00176. The van der Waals surface area contributed by atoms with Gasteiger partial charge in [-0.05, 0) is 31.0 Å². The summed E-state index contributed by atoms with van der Waals surface area (Å²) in [7, 11) is 0. The van der Waals surface area contributed by atoms with Crippen LogP contribution in [0.25, 0.3) is 0 Å². The van der Waals surface area contributed by atoms with Crippen molar-refractivity contribution in [3.05, 3.63) is 11.8 Å². The summed E-state index contributed by atoms with van der Waals surface area (Å²) in [6.45, 7) is 3.30. The van der Waals surface area contributed by atoms with Crippen molar-refractivity contribution in [2.45, 2.75) is 44.8 Å². The second-order valence-electron chi connectivity index (χ2n) is 4.77. The van der Waals surface area contributed by atoms with Crippen LogP contribution in [0.1, 0.15) is 32.6 Å². The van der Waals surface area contributed by atoms with Gasteiger partial charge in [-0.15, -0.1) is 0 Å². The number of rotatable bonds is 1. The van der Waals surface area contributed by atoms with E-state index in [0.717, 1.165) is 13.0 Å². The molecular formula is C12H17NO2. The minimum atomic E-state index is -0.00176. The molecule has 0 aromatic carbocycles. The second kappa shape index (κ2) is 3.26. The Kier molecular flexibility index (Phi) is 2.01. The fourth-order valence-electron chi connectivity index (χ4n) is 3.26. The van der Waals surface area contributed by atoms with Crippen molar-refractivity contribution >= 4 is 5.97 Å². The van der Waals surface area contributed by atoms with Crippen LogP contribution in [0.15, 0.2) is 11.8 Å². The standard InChI is InChI=1S/C12H17NO2/c1-2-8-7-13-5-3-4-10(13)12-9(8)6-11(14)15-12/h7,9-10,12H,2-6H2,1H3/t9-,10-,12-/m1/s1. The molecule has 3 rings (SSSR count). The highest BCUT2D eigenvalue weighted by Crippen LogP contribution is 2.41. The molecule has 15 heavy (non-hydrogen) atoms. The van der Waals surface area contributed by atoms with Crippen molar-refractivity contribution in [2.24, 2.45) is 5.92 Å². The third kappa shape index (κ3) is 1.29. The van der Waals surface area contributed by atoms with Crippen LogP contribution in [0.3, 0.4) is 0 Å². The van der Waals surface area contributed by atoms with Crippen LogP contribution in [0.5, 0.6) is 0 Å². The summed E-state index contributed by atoms with van der Waals surface area (Å²) in [5.41, 5.74) is 1.41. The molecule has 82 valence electrons. The zero-order chi connectivity index (χ0) is 10.4. The number of ether oxygens (including phenoxy) is 1. The van der Waals surface area contributed by atoms with Crippen LogP contribution in [0.2, 0.25) is 0 Å². The third-order valence-corrected chi connectivity index (χ3v) is 3.99. The van der Waals surface area contributed by atoms with E-state index < -0.39 is 0 Å². The molecule has 0 aromatic heterocycles. The number of carbonyl (C=O) groups excluding carboxylic acids is 1. The first kappa shape index (κ1) is 9.25. The van der Waals surface area contributed by atoms with Crippen LogP contribution < -0.4 is 0 Å². The molecule has 0 bridgehead atoms. The van der Waals surface area contributed by atoms with E-state index in [1.54, 1.807) is 0 Å². The lowest BCUT2D eigenvalue weighted by Crippen LogP contribution is -2.43. The van der Waals surface area contributed by atoms with Gasteiger partial charge in [-0.25, -0.2) is 0 Å². The smallest absolute Gasteiger partial charge is 0.306 e. The fourth-order valence-corrected chi connectivity index (χ4v) is 3.26. The second-order valence-corrected chi connectivity index (χ2v) is 4.77. The van der Waals surface area contributed by atoms with Crippen molar-refractivity contribution < 1.29 is 9.53 Å². The number of hydrogen-bond donors (Lipinski definition) is 0. The van der Waals surface area contributed by atoms with E-state index in [0.29, 0.717) is 18.4 Å². The number of hydrogen-bond acceptors (Lipinski definition) is 3. The molecule has 0 spiro atoms. The summed E-state index contributed by atoms with van der Waals surface area (Å²) < 4.78 is 5.49. The van der Waals surface area contributed by atoms with Gasteiger partial charge in [0.2, 0.25) is 0 Å². The van der Waals surface area contributed by atoms with E-state index in [1.165, 1.54) is 18.4 Å². The molecular weight excluding hydrogens is 190 g/mol. The number of nitrogens with zero attached hydrogens (tertiary/aromatic N) is 1. The molecule has 3 aliphatic heterocycles. The normalized spacial score (nSPS) is 38.5. The third-order valence-electron chi connectivity index (χ3n) is 3.99. The first-order valence-corrected chi connectivity index (χ1v) is 5.95. The largest absolute Gasteiger partial charge is 0.459 e. The van der Waals surface area contributed by atoms with E-state index in [9.17, 15) is 4.79 Å². The van der Waals surface area contributed by atoms with Gasteiger partial charge >= 0.3 is 5.97 Å². The van der Waals surface area contributed by atoms with Gasteiger partial charge in [-0.3, -0.25) is 4.79 Å². The Morgan fingerprint density at radius 3 is 3.27 bits per heavy atom. The summed E-state index contributed by atoms with van der Waals surface area (Å²) >= 11 is 0. The van der Waals surface area contributed by atoms with Crippen LogP contribution in [0, 0.1) is 5.92 Å². The lowest BCUT2D eigenvalue weighted by atomic mass is 9.84. The van der Waals surface area contributed by atoms with E-state index in [4.69, 9.17) is 4.74 Å². The van der Waals surface area contributed by atoms with Crippen LogP contribution in [-0.4, -0.2) is 29.6 Å². The van der Waals surface area contributed by atoms with Crippen molar-refractivity contribution in [2.75, 3.05) is 6.54 Å². The van der Waals surface area contributed by atoms with Crippen molar-refractivity contribution in [3.63, 3.8) is 0 Å². The molecule has 0 amide bonds. The van der Waals surface area contributed by atoms with Crippen molar-refractivity contribution in [1.82, 2.24) is 4.90 Å². The van der Waals surface area contributed by atoms with Gasteiger partial charge < -0.3 is 9.64 Å². The van der Waals surface area contributed by atoms with E-state index in [2.05, 4.69) is 18.0 Å². The maximum absolute atomic E-state index is 11.4. The Morgan fingerprint density at radius 2 is 2.47 bits per heavy atom. The lowest BCUT2D eigenvalue weighted by Gasteiger charge is -2.36. The highest BCUT2D eigenvalue weighted by atomic mass is 16.6. The number of esters is 1. The molecule has 3 heterocycles. The molecule has 3 atom stereocenters. The first-order valence-electron chi connectivity index (χ1n) is 5.95. The molecule has 3 aliphatic rings. The Hall–Kier alpha value is -0.990. The summed E-state index contributed by atoms with van der Waals surface area (Å²) in [4.78, 5) is 13.8. The molecule has 2 saturated heterocycles. The monoisotopic (exact) mass is 207 g/mol. The highest BCUT2D eigenvalue weighted by molar-refractivity contribution is 5.73. The minimum Gasteiger partial charge on any atom is -0.459 e. The molecule has 0 N–H and O–H groups in total. The molecule has 0 aromatic rings.